The molecule has 3 unspecified atom stereocenters. The molecule has 0 saturated heterocycles. The van der Waals surface area contributed by atoms with Crippen LogP contribution in [0.5, 0.6) is 0 Å². The summed E-state index contributed by atoms with van der Waals surface area (Å²) in [6, 6.07) is -0.753. The summed E-state index contributed by atoms with van der Waals surface area (Å²) in [4.78, 5) is 23.2. The lowest BCUT2D eigenvalue weighted by Gasteiger charge is -2.26. The highest BCUT2D eigenvalue weighted by molar-refractivity contribution is 7.47. The molecule has 3 N–H and O–H groups in total. The summed E-state index contributed by atoms with van der Waals surface area (Å²) < 4.78 is 23.7. The van der Waals surface area contributed by atoms with Gasteiger partial charge in [-0.1, -0.05) is 219 Å². The summed E-state index contributed by atoms with van der Waals surface area (Å²) in [6.45, 7) is 4.92. The number of phosphoric ester groups is 1. The number of phosphoric acid groups is 1. The van der Waals surface area contributed by atoms with E-state index in [4.69, 9.17) is 9.05 Å². The highest BCUT2D eigenvalue weighted by Gasteiger charge is 2.28. The summed E-state index contributed by atoms with van der Waals surface area (Å²) in [7, 11) is 1.63. The molecule has 0 aromatic heterocycles. The Kier molecular flexibility index (Phi) is 38.6. The van der Waals surface area contributed by atoms with Gasteiger partial charge in [0, 0.05) is 6.42 Å². The number of amides is 1. The Hall–Kier alpha value is -0.500. The Bertz CT molecular complexity index is 870. The zero-order valence-corrected chi connectivity index (χ0v) is 38.3. The van der Waals surface area contributed by atoms with Crippen molar-refractivity contribution < 1.29 is 32.9 Å². The fourth-order valence-corrected chi connectivity index (χ4v) is 8.02. The van der Waals surface area contributed by atoms with Crippen molar-refractivity contribution in [2.24, 2.45) is 0 Å². The van der Waals surface area contributed by atoms with Crippen molar-refractivity contribution in [1.29, 1.82) is 0 Å². The third kappa shape index (κ3) is 41.5. The normalized spacial score (nSPS) is 14.2. The summed E-state index contributed by atoms with van der Waals surface area (Å²) in [5.41, 5.74) is 0. The van der Waals surface area contributed by atoms with Crippen LogP contribution in [0.15, 0.2) is 0 Å². The Morgan fingerprint density at radius 1 is 0.545 bits per heavy atom. The fraction of sp³-hybridized carbons (Fsp3) is 0.978. The first-order chi connectivity index (χ1) is 26.5. The van der Waals surface area contributed by atoms with Crippen molar-refractivity contribution in [2.45, 2.75) is 251 Å². The Labute approximate surface area is 342 Å². The molecular formula is C46H96N2O6P+. The first kappa shape index (κ1) is 54.5. The molecule has 0 aliphatic heterocycles. The number of quaternary nitrogens is 1. The number of aliphatic hydroxyl groups is 1. The van der Waals surface area contributed by atoms with Crippen LogP contribution in [0.4, 0.5) is 0 Å². The van der Waals surface area contributed by atoms with Gasteiger partial charge in [-0.3, -0.25) is 13.8 Å². The number of carbonyl (C=O) groups excluding carboxylic acids is 1. The van der Waals surface area contributed by atoms with Gasteiger partial charge in [0.25, 0.3) is 0 Å². The minimum Gasteiger partial charge on any atom is -0.391 e. The largest absolute Gasteiger partial charge is 0.472 e. The van der Waals surface area contributed by atoms with Crippen LogP contribution in [-0.2, 0) is 18.4 Å². The molecule has 0 aromatic rings. The van der Waals surface area contributed by atoms with E-state index in [1.165, 1.54) is 173 Å². The third-order valence-corrected chi connectivity index (χ3v) is 12.1. The van der Waals surface area contributed by atoms with Gasteiger partial charge in [0.15, 0.2) is 0 Å². The number of unbranched alkanes of at least 4 members (excludes halogenated alkanes) is 31. The molecular weight excluding hydrogens is 707 g/mol. The molecule has 0 spiro atoms. The van der Waals surface area contributed by atoms with Crippen molar-refractivity contribution in [1.82, 2.24) is 5.32 Å². The van der Waals surface area contributed by atoms with Crippen LogP contribution in [0.2, 0.25) is 0 Å². The minimum atomic E-state index is -4.31. The van der Waals surface area contributed by atoms with E-state index in [-0.39, 0.29) is 19.1 Å². The van der Waals surface area contributed by atoms with Crippen molar-refractivity contribution >= 4 is 13.7 Å². The monoisotopic (exact) mass is 804 g/mol. The predicted octanol–water partition coefficient (Wildman–Crippen LogP) is 13.4. The molecule has 0 radical (unpaired) electrons. The summed E-state index contributed by atoms with van der Waals surface area (Å²) in [6.07, 6.45) is 42.6. The van der Waals surface area contributed by atoms with Crippen LogP contribution in [-0.4, -0.2) is 73.4 Å². The number of likely N-dealkylation sites (N-methyl/N-ethyl adjacent to an activating group) is 1. The quantitative estimate of drug-likeness (QED) is 0.0322. The minimum absolute atomic E-state index is 0.0787. The predicted molar refractivity (Wildman–Crippen MR) is 236 cm³/mol. The molecule has 3 atom stereocenters. The van der Waals surface area contributed by atoms with E-state index in [2.05, 4.69) is 19.2 Å². The van der Waals surface area contributed by atoms with E-state index in [1.807, 2.05) is 21.1 Å². The summed E-state index contributed by atoms with van der Waals surface area (Å²) in [5.74, 6) is -0.140. The van der Waals surface area contributed by atoms with Gasteiger partial charge in [0.05, 0.1) is 39.9 Å². The molecule has 9 heteroatoms. The second-order valence-corrected chi connectivity index (χ2v) is 19.3. The maximum Gasteiger partial charge on any atom is 0.472 e. The van der Waals surface area contributed by atoms with E-state index in [9.17, 15) is 19.4 Å². The molecule has 55 heavy (non-hydrogen) atoms. The topological polar surface area (TPSA) is 105 Å². The van der Waals surface area contributed by atoms with E-state index >= 15 is 0 Å². The molecule has 8 nitrogen and oxygen atoms in total. The number of hydrogen-bond donors (Lipinski definition) is 3. The highest BCUT2D eigenvalue weighted by atomic mass is 31.2. The van der Waals surface area contributed by atoms with Crippen LogP contribution in [0.3, 0.4) is 0 Å². The fourth-order valence-electron chi connectivity index (χ4n) is 7.28. The number of aliphatic hydroxyl groups excluding tert-OH is 1. The molecule has 0 aliphatic rings. The van der Waals surface area contributed by atoms with Gasteiger partial charge in [-0.05, 0) is 12.8 Å². The number of hydrogen-bond acceptors (Lipinski definition) is 5. The zero-order chi connectivity index (χ0) is 40.7. The molecule has 330 valence electrons. The number of nitrogens with zero attached hydrogens (tertiary/aromatic N) is 1. The van der Waals surface area contributed by atoms with Crippen LogP contribution in [0, 0.1) is 0 Å². The number of carbonyl (C=O) groups is 1. The van der Waals surface area contributed by atoms with Gasteiger partial charge in [-0.2, -0.15) is 0 Å². The van der Waals surface area contributed by atoms with Gasteiger partial charge in [0.1, 0.15) is 13.2 Å². The maximum absolute atomic E-state index is 12.9. The lowest BCUT2D eigenvalue weighted by Crippen LogP contribution is -2.46. The number of rotatable bonds is 44. The van der Waals surface area contributed by atoms with E-state index in [1.54, 1.807) is 0 Å². The van der Waals surface area contributed by atoms with Crippen LogP contribution < -0.4 is 5.32 Å². The standard InChI is InChI=1S/C46H95N2O6P/c1-6-8-10-12-14-16-18-20-22-24-26-28-30-32-34-36-38-40-46(50)47-44(43-54-55(51,52)53-42-41-48(3,4)5)45(49)39-37-35-33-31-29-27-25-23-21-19-17-15-13-11-9-7-2/h44-45,49H,6-43H2,1-5H3,(H-,47,50,51,52)/p+1. The maximum atomic E-state index is 12.9. The van der Waals surface area contributed by atoms with E-state index < -0.39 is 20.0 Å². The van der Waals surface area contributed by atoms with Crippen LogP contribution in [0.1, 0.15) is 239 Å². The Morgan fingerprint density at radius 3 is 1.22 bits per heavy atom. The average Bonchev–Trinajstić information content (AvgIpc) is 3.13. The molecule has 0 heterocycles. The SMILES string of the molecule is CCCCCCCCCCCCCCCCCCCC(=O)NC(COP(=O)(O)OCC[N+](C)(C)C)C(O)CCCCCCCCCCCCCCCCCC. The van der Waals surface area contributed by atoms with E-state index in [0.29, 0.717) is 23.9 Å². The first-order valence-corrected chi connectivity index (χ1v) is 25.4. The van der Waals surface area contributed by atoms with Gasteiger partial charge in [0.2, 0.25) is 5.91 Å². The smallest absolute Gasteiger partial charge is 0.391 e. The molecule has 0 aliphatic carbocycles. The van der Waals surface area contributed by atoms with E-state index in [0.717, 1.165) is 38.5 Å². The van der Waals surface area contributed by atoms with Gasteiger partial charge in [-0.15, -0.1) is 0 Å². The van der Waals surface area contributed by atoms with Gasteiger partial charge >= 0.3 is 7.82 Å². The zero-order valence-electron chi connectivity index (χ0n) is 37.4. The molecule has 0 bridgehead atoms. The van der Waals surface area contributed by atoms with Gasteiger partial charge < -0.3 is 19.8 Å². The highest BCUT2D eigenvalue weighted by Crippen LogP contribution is 2.43. The summed E-state index contributed by atoms with van der Waals surface area (Å²) in [5, 5.41) is 14.0. The van der Waals surface area contributed by atoms with Crippen LogP contribution in [0.25, 0.3) is 0 Å². The van der Waals surface area contributed by atoms with Crippen LogP contribution >= 0.6 is 7.82 Å². The second kappa shape index (κ2) is 39.0. The molecule has 1 amide bonds. The lowest BCUT2D eigenvalue weighted by atomic mass is 10.0. The van der Waals surface area contributed by atoms with Crippen molar-refractivity contribution in [3.63, 3.8) is 0 Å². The Morgan fingerprint density at radius 2 is 0.873 bits per heavy atom. The third-order valence-electron chi connectivity index (χ3n) is 11.1. The molecule has 0 saturated carbocycles. The average molecular weight is 804 g/mol. The van der Waals surface area contributed by atoms with Crippen molar-refractivity contribution in [2.75, 3.05) is 40.9 Å². The van der Waals surface area contributed by atoms with Crippen molar-refractivity contribution in [3.05, 3.63) is 0 Å². The number of nitrogens with one attached hydrogen (secondary N) is 1. The second-order valence-electron chi connectivity index (χ2n) is 17.9. The van der Waals surface area contributed by atoms with Gasteiger partial charge in [-0.25, -0.2) is 4.57 Å². The first-order valence-electron chi connectivity index (χ1n) is 23.9. The Balaban J connectivity index is 4.28. The molecule has 0 aromatic carbocycles. The van der Waals surface area contributed by atoms with Crippen molar-refractivity contribution in [3.8, 4) is 0 Å². The molecule has 0 fully saturated rings. The molecule has 0 rings (SSSR count). The lowest BCUT2D eigenvalue weighted by molar-refractivity contribution is -0.870. The summed E-state index contributed by atoms with van der Waals surface area (Å²) >= 11 is 0.